The lowest BCUT2D eigenvalue weighted by atomic mass is 9.89. The minimum Gasteiger partial charge on any atom is -0.468 e. The second-order valence-electron chi connectivity index (χ2n) is 2.41. The first-order valence-corrected chi connectivity index (χ1v) is 3.19. The summed E-state index contributed by atoms with van der Waals surface area (Å²) in [6, 6.07) is 0. The van der Waals surface area contributed by atoms with Gasteiger partial charge in [0.15, 0.2) is 0 Å². The molecule has 0 spiro atoms. The standard InChI is InChI=1S/C6H11NO3/c1-10-5(9)6(4-8)2-3-7-6/h7-8H,2-4H2,1H3. The van der Waals surface area contributed by atoms with Gasteiger partial charge in [-0.3, -0.25) is 5.32 Å². The molecule has 1 fully saturated rings. The minimum atomic E-state index is -0.783. The van der Waals surface area contributed by atoms with Gasteiger partial charge in [-0.2, -0.15) is 0 Å². The van der Waals surface area contributed by atoms with E-state index >= 15 is 0 Å². The van der Waals surface area contributed by atoms with Crippen LogP contribution in [0, 0.1) is 0 Å². The molecule has 0 aliphatic carbocycles. The number of carbonyl (C=O) groups excluding carboxylic acids is 1. The highest BCUT2D eigenvalue weighted by atomic mass is 16.5. The fourth-order valence-corrected chi connectivity index (χ4v) is 0.996. The van der Waals surface area contributed by atoms with Crippen molar-refractivity contribution in [2.45, 2.75) is 12.0 Å². The zero-order valence-electron chi connectivity index (χ0n) is 5.89. The van der Waals surface area contributed by atoms with Crippen LogP contribution in [0.3, 0.4) is 0 Å². The van der Waals surface area contributed by atoms with Crippen molar-refractivity contribution in [1.29, 1.82) is 0 Å². The Morgan fingerprint density at radius 1 is 1.90 bits per heavy atom. The van der Waals surface area contributed by atoms with E-state index in [1.54, 1.807) is 0 Å². The Bertz CT molecular complexity index is 136. The van der Waals surface area contributed by atoms with E-state index < -0.39 is 5.54 Å². The first-order valence-electron chi connectivity index (χ1n) is 3.19. The summed E-state index contributed by atoms with van der Waals surface area (Å²) < 4.78 is 4.49. The van der Waals surface area contributed by atoms with Crippen LogP contribution in [0.15, 0.2) is 0 Å². The molecule has 0 radical (unpaired) electrons. The Kier molecular flexibility index (Phi) is 1.92. The third kappa shape index (κ3) is 0.892. The van der Waals surface area contributed by atoms with Crippen molar-refractivity contribution >= 4 is 5.97 Å². The normalized spacial score (nSPS) is 31.0. The number of ether oxygens (including phenoxy) is 1. The van der Waals surface area contributed by atoms with E-state index in [0.717, 1.165) is 6.54 Å². The van der Waals surface area contributed by atoms with Crippen molar-refractivity contribution in [3.63, 3.8) is 0 Å². The van der Waals surface area contributed by atoms with Gasteiger partial charge in [0.05, 0.1) is 13.7 Å². The van der Waals surface area contributed by atoms with Crippen LogP contribution in [0.1, 0.15) is 6.42 Å². The van der Waals surface area contributed by atoms with E-state index in [0.29, 0.717) is 6.42 Å². The molecule has 0 saturated carbocycles. The lowest BCUT2D eigenvalue weighted by molar-refractivity contribution is -0.154. The molecule has 0 amide bonds. The van der Waals surface area contributed by atoms with Gasteiger partial charge in [-0.15, -0.1) is 0 Å². The van der Waals surface area contributed by atoms with Crippen molar-refractivity contribution in [2.75, 3.05) is 20.3 Å². The average Bonchev–Trinajstić information content (AvgIpc) is 1.86. The Hall–Kier alpha value is -0.610. The Morgan fingerprint density at radius 3 is 2.60 bits per heavy atom. The molecule has 4 heteroatoms. The van der Waals surface area contributed by atoms with Crippen LogP contribution in [0.5, 0.6) is 0 Å². The molecule has 1 atom stereocenters. The third-order valence-electron chi connectivity index (χ3n) is 1.86. The van der Waals surface area contributed by atoms with Crippen molar-refractivity contribution in [3.8, 4) is 0 Å². The van der Waals surface area contributed by atoms with Crippen LogP contribution < -0.4 is 5.32 Å². The second-order valence-corrected chi connectivity index (χ2v) is 2.41. The lowest BCUT2D eigenvalue weighted by Gasteiger charge is -2.38. The average molecular weight is 145 g/mol. The monoisotopic (exact) mass is 145 g/mol. The van der Waals surface area contributed by atoms with E-state index in [-0.39, 0.29) is 12.6 Å². The largest absolute Gasteiger partial charge is 0.468 e. The maximum Gasteiger partial charge on any atom is 0.328 e. The fourth-order valence-electron chi connectivity index (χ4n) is 0.996. The van der Waals surface area contributed by atoms with Gasteiger partial charge in [0.25, 0.3) is 0 Å². The molecule has 1 aliphatic heterocycles. The highest BCUT2D eigenvalue weighted by molar-refractivity contribution is 5.82. The first kappa shape index (κ1) is 7.50. The van der Waals surface area contributed by atoms with E-state index in [2.05, 4.69) is 10.1 Å². The topological polar surface area (TPSA) is 58.6 Å². The molecule has 1 heterocycles. The van der Waals surface area contributed by atoms with Crippen LogP contribution >= 0.6 is 0 Å². The second kappa shape index (κ2) is 2.56. The van der Waals surface area contributed by atoms with Crippen LogP contribution in [0.2, 0.25) is 0 Å². The number of carbonyl (C=O) groups is 1. The Morgan fingerprint density at radius 2 is 2.50 bits per heavy atom. The number of aliphatic hydroxyl groups excluding tert-OH is 1. The van der Waals surface area contributed by atoms with Gasteiger partial charge in [-0.1, -0.05) is 0 Å². The van der Waals surface area contributed by atoms with E-state index in [1.807, 2.05) is 0 Å². The van der Waals surface area contributed by atoms with Gasteiger partial charge in [0.1, 0.15) is 5.54 Å². The number of nitrogens with one attached hydrogen (secondary N) is 1. The molecule has 4 nitrogen and oxygen atoms in total. The summed E-state index contributed by atoms with van der Waals surface area (Å²) in [6.45, 7) is 0.593. The predicted octanol–water partition coefficient (Wildman–Crippen LogP) is -1.12. The number of hydrogen-bond acceptors (Lipinski definition) is 4. The van der Waals surface area contributed by atoms with Gasteiger partial charge in [0.2, 0.25) is 0 Å². The van der Waals surface area contributed by atoms with Crippen molar-refractivity contribution in [3.05, 3.63) is 0 Å². The van der Waals surface area contributed by atoms with E-state index in [1.165, 1.54) is 7.11 Å². The molecule has 1 unspecified atom stereocenters. The third-order valence-corrected chi connectivity index (χ3v) is 1.86. The molecular weight excluding hydrogens is 134 g/mol. The summed E-state index contributed by atoms with van der Waals surface area (Å²) in [6.07, 6.45) is 0.663. The van der Waals surface area contributed by atoms with E-state index in [4.69, 9.17) is 5.11 Å². The summed E-state index contributed by atoms with van der Waals surface area (Å²) in [5.74, 6) is -0.374. The molecule has 1 saturated heterocycles. The minimum absolute atomic E-state index is 0.181. The van der Waals surface area contributed by atoms with Crippen molar-refractivity contribution in [2.24, 2.45) is 0 Å². The van der Waals surface area contributed by atoms with Gasteiger partial charge in [-0.05, 0) is 13.0 Å². The predicted molar refractivity (Wildman–Crippen MR) is 34.5 cm³/mol. The first-order chi connectivity index (χ1) is 4.75. The number of methoxy groups -OCH3 is 1. The molecule has 1 rings (SSSR count). The molecule has 2 N–H and O–H groups in total. The fraction of sp³-hybridized carbons (Fsp3) is 0.833. The molecule has 0 aromatic rings. The van der Waals surface area contributed by atoms with Gasteiger partial charge in [-0.25, -0.2) is 4.79 Å². The van der Waals surface area contributed by atoms with Crippen molar-refractivity contribution in [1.82, 2.24) is 5.32 Å². The number of hydrogen-bond donors (Lipinski definition) is 2. The Balaban J connectivity index is 2.55. The SMILES string of the molecule is COC(=O)C1(CO)CCN1. The number of rotatable bonds is 2. The van der Waals surface area contributed by atoms with Crippen LogP contribution in [0.4, 0.5) is 0 Å². The summed E-state index contributed by atoms with van der Waals surface area (Å²) in [4.78, 5) is 10.9. The highest BCUT2D eigenvalue weighted by Crippen LogP contribution is 2.18. The summed E-state index contributed by atoms with van der Waals surface area (Å²) >= 11 is 0. The number of esters is 1. The van der Waals surface area contributed by atoms with Crippen molar-refractivity contribution < 1.29 is 14.6 Å². The van der Waals surface area contributed by atoms with Crippen LogP contribution in [-0.4, -0.2) is 36.9 Å². The molecule has 58 valence electrons. The van der Waals surface area contributed by atoms with Gasteiger partial charge < -0.3 is 9.84 Å². The molecule has 10 heavy (non-hydrogen) atoms. The summed E-state index contributed by atoms with van der Waals surface area (Å²) in [7, 11) is 1.32. The molecule has 1 aliphatic rings. The quantitative estimate of drug-likeness (QED) is 0.483. The zero-order valence-corrected chi connectivity index (χ0v) is 5.89. The number of aliphatic hydroxyl groups is 1. The lowest BCUT2D eigenvalue weighted by Crippen LogP contribution is -2.65. The van der Waals surface area contributed by atoms with Crippen LogP contribution in [-0.2, 0) is 9.53 Å². The Labute approximate surface area is 59.2 Å². The molecule has 0 aromatic heterocycles. The maximum atomic E-state index is 10.9. The summed E-state index contributed by atoms with van der Waals surface area (Å²) in [5.41, 5.74) is -0.783. The highest BCUT2D eigenvalue weighted by Gasteiger charge is 2.44. The van der Waals surface area contributed by atoms with Crippen LogP contribution in [0.25, 0.3) is 0 Å². The molecule has 0 aromatic carbocycles. The maximum absolute atomic E-state index is 10.9. The van der Waals surface area contributed by atoms with Gasteiger partial charge >= 0.3 is 5.97 Å². The summed E-state index contributed by atoms with van der Waals surface area (Å²) in [5, 5.41) is 11.6. The van der Waals surface area contributed by atoms with E-state index in [9.17, 15) is 4.79 Å². The molecular formula is C6H11NO3. The smallest absolute Gasteiger partial charge is 0.328 e. The van der Waals surface area contributed by atoms with Gasteiger partial charge in [0, 0.05) is 0 Å². The zero-order chi connectivity index (χ0) is 7.61. The molecule has 0 bridgehead atoms.